The topological polar surface area (TPSA) is 75.3 Å². The van der Waals surface area contributed by atoms with Crippen LogP contribution >= 0.6 is 0 Å². The SMILES string of the molecule is NC1CCCCC1CNC(=O)Cc1ccccc1O. The van der Waals surface area contributed by atoms with Crippen LogP contribution in [0.2, 0.25) is 0 Å². The number of amides is 1. The van der Waals surface area contributed by atoms with Gasteiger partial charge >= 0.3 is 0 Å². The van der Waals surface area contributed by atoms with Crippen LogP contribution in [0.3, 0.4) is 0 Å². The van der Waals surface area contributed by atoms with Gasteiger partial charge in [0.1, 0.15) is 5.75 Å². The van der Waals surface area contributed by atoms with Crippen molar-refractivity contribution < 1.29 is 9.90 Å². The van der Waals surface area contributed by atoms with Gasteiger partial charge in [-0.05, 0) is 24.8 Å². The molecule has 0 spiro atoms. The Morgan fingerprint density at radius 2 is 2.05 bits per heavy atom. The van der Waals surface area contributed by atoms with E-state index in [1.807, 2.05) is 6.07 Å². The van der Waals surface area contributed by atoms with Gasteiger partial charge < -0.3 is 16.2 Å². The van der Waals surface area contributed by atoms with Gasteiger partial charge in [0.25, 0.3) is 0 Å². The number of para-hydroxylation sites is 1. The molecule has 1 fully saturated rings. The van der Waals surface area contributed by atoms with Crippen LogP contribution in [-0.4, -0.2) is 23.6 Å². The lowest BCUT2D eigenvalue weighted by Crippen LogP contribution is -2.41. The Balaban J connectivity index is 1.80. The zero-order valence-corrected chi connectivity index (χ0v) is 11.1. The molecule has 19 heavy (non-hydrogen) atoms. The summed E-state index contributed by atoms with van der Waals surface area (Å²) in [6.45, 7) is 0.646. The lowest BCUT2D eigenvalue weighted by atomic mass is 9.85. The zero-order chi connectivity index (χ0) is 13.7. The van der Waals surface area contributed by atoms with Crippen molar-refractivity contribution in [3.63, 3.8) is 0 Å². The minimum atomic E-state index is -0.0562. The summed E-state index contributed by atoms with van der Waals surface area (Å²) < 4.78 is 0. The Kier molecular flexibility index (Phi) is 4.80. The number of nitrogens with one attached hydrogen (secondary N) is 1. The first-order valence-electron chi connectivity index (χ1n) is 6.96. The number of phenolic OH excluding ortho intramolecular Hbond substituents is 1. The summed E-state index contributed by atoms with van der Waals surface area (Å²) in [7, 11) is 0. The van der Waals surface area contributed by atoms with Crippen molar-refractivity contribution in [2.75, 3.05) is 6.54 Å². The van der Waals surface area contributed by atoms with Crippen LogP contribution in [-0.2, 0) is 11.2 Å². The number of benzene rings is 1. The highest BCUT2D eigenvalue weighted by Gasteiger charge is 2.22. The number of carbonyl (C=O) groups is 1. The molecule has 4 nitrogen and oxygen atoms in total. The van der Waals surface area contributed by atoms with Crippen molar-refractivity contribution in [1.29, 1.82) is 0 Å². The summed E-state index contributed by atoms with van der Waals surface area (Å²) in [4.78, 5) is 11.9. The molecule has 1 amide bonds. The quantitative estimate of drug-likeness (QED) is 0.771. The molecule has 1 saturated carbocycles. The van der Waals surface area contributed by atoms with Crippen molar-refractivity contribution in [3.05, 3.63) is 29.8 Å². The number of rotatable bonds is 4. The molecule has 0 aromatic heterocycles. The van der Waals surface area contributed by atoms with Crippen LogP contribution in [0.5, 0.6) is 5.75 Å². The molecule has 1 aromatic carbocycles. The van der Waals surface area contributed by atoms with Gasteiger partial charge in [-0.1, -0.05) is 31.0 Å². The fourth-order valence-corrected chi connectivity index (χ4v) is 2.63. The summed E-state index contributed by atoms with van der Waals surface area (Å²) in [6.07, 6.45) is 4.77. The van der Waals surface area contributed by atoms with Gasteiger partial charge in [-0.25, -0.2) is 0 Å². The number of carbonyl (C=O) groups excluding carboxylic acids is 1. The Hall–Kier alpha value is -1.55. The molecule has 1 aliphatic rings. The maximum absolute atomic E-state index is 11.9. The number of nitrogens with two attached hydrogens (primary N) is 1. The summed E-state index contributed by atoms with van der Waals surface area (Å²) in [5.41, 5.74) is 6.71. The molecular formula is C15H22N2O2. The van der Waals surface area contributed by atoms with Crippen molar-refractivity contribution in [1.82, 2.24) is 5.32 Å². The minimum Gasteiger partial charge on any atom is -0.508 e. The summed E-state index contributed by atoms with van der Waals surface area (Å²) in [5, 5.41) is 12.5. The highest BCUT2D eigenvalue weighted by molar-refractivity contribution is 5.79. The largest absolute Gasteiger partial charge is 0.508 e. The monoisotopic (exact) mass is 262 g/mol. The first-order chi connectivity index (χ1) is 9.16. The molecule has 0 aliphatic heterocycles. The molecular weight excluding hydrogens is 240 g/mol. The molecule has 0 heterocycles. The van der Waals surface area contributed by atoms with E-state index >= 15 is 0 Å². The van der Waals surface area contributed by atoms with E-state index in [9.17, 15) is 9.90 Å². The fraction of sp³-hybridized carbons (Fsp3) is 0.533. The number of hydrogen-bond acceptors (Lipinski definition) is 3. The predicted octanol–water partition coefficient (Wildman–Crippen LogP) is 1.57. The maximum Gasteiger partial charge on any atom is 0.224 e. The van der Waals surface area contributed by atoms with Gasteiger partial charge in [0.2, 0.25) is 5.91 Å². The standard InChI is InChI=1S/C15H22N2O2/c16-13-7-3-1-6-12(13)10-17-15(19)9-11-5-2-4-8-14(11)18/h2,4-5,8,12-13,18H,1,3,6-7,9-10,16H2,(H,17,19). The molecule has 1 aromatic rings. The van der Waals surface area contributed by atoms with E-state index in [1.165, 1.54) is 12.8 Å². The summed E-state index contributed by atoms with van der Waals surface area (Å²) in [5.74, 6) is 0.508. The van der Waals surface area contributed by atoms with E-state index in [-0.39, 0.29) is 24.1 Å². The third kappa shape index (κ3) is 3.96. The van der Waals surface area contributed by atoms with Crippen LogP contribution in [0.4, 0.5) is 0 Å². The van der Waals surface area contributed by atoms with Crippen LogP contribution in [0.15, 0.2) is 24.3 Å². The van der Waals surface area contributed by atoms with Gasteiger partial charge in [-0.15, -0.1) is 0 Å². The second-order valence-electron chi connectivity index (χ2n) is 5.32. The van der Waals surface area contributed by atoms with Gasteiger partial charge in [-0.2, -0.15) is 0 Å². The fourth-order valence-electron chi connectivity index (χ4n) is 2.63. The number of hydrogen-bond donors (Lipinski definition) is 3. The van der Waals surface area contributed by atoms with Crippen LogP contribution in [0.25, 0.3) is 0 Å². The second kappa shape index (κ2) is 6.57. The molecule has 2 atom stereocenters. The van der Waals surface area contributed by atoms with Gasteiger partial charge in [0.15, 0.2) is 0 Å². The lowest BCUT2D eigenvalue weighted by Gasteiger charge is -2.28. The van der Waals surface area contributed by atoms with Crippen molar-refractivity contribution in [3.8, 4) is 5.75 Å². The van der Waals surface area contributed by atoms with Crippen LogP contribution < -0.4 is 11.1 Å². The first kappa shape index (κ1) is 13.9. The van der Waals surface area contributed by atoms with Gasteiger partial charge in [-0.3, -0.25) is 4.79 Å². The van der Waals surface area contributed by atoms with E-state index in [4.69, 9.17) is 5.73 Å². The molecule has 104 valence electrons. The van der Waals surface area contributed by atoms with Crippen molar-refractivity contribution in [2.24, 2.45) is 11.7 Å². The van der Waals surface area contributed by atoms with E-state index in [0.29, 0.717) is 18.0 Å². The predicted molar refractivity (Wildman–Crippen MR) is 74.8 cm³/mol. The third-order valence-electron chi connectivity index (χ3n) is 3.87. The van der Waals surface area contributed by atoms with E-state index in [1.54, 1.807) is 18.2 Å². The highest BCUT2D eigenvalue weighted by Crippen LogP contribution is 2.22. The molecule has 2 unspecified atom stereocenters. The van der Waals surface area contributed by atoms with Crippen LogP contribution in [0, 0.1) is 5.92 Å². The second-order valence-corrected chi connectivity index (χ2v) is 5.32. The zero-order valence-electron chi connectivity index (χ0n) is 11.1. The smallest absolute Gasteiger partial charge is 0.224 e. The first-order valence-corrected chi connectivity index (χ1v) is 6.96. The normalized spacial score (nSPS) is 23.0. The molecule has 0 saturated heterocycles. The average molecular weight is 262 g/mol. The summed E-state index contributed by atoms with van der Waals surface area (Å²) >= 11 is 0. The molecule has 2 rings (SSSR count). The third-order valence-corrected chi connectivity index (χ3v) is 3.87. The minimum absolute atomic E-state index is 0.0562. The van der Waals surface area contributed by atoms with Crippen molar-refractivity contribution >= 4 is 5.91 Å². The Morgan fingerprint density at radius 1 is 1.32 bits per heavy atom. The average Bonchev–Trinajstić information content (AvgIpc) is 2.40. The molecule has 4 heteroatoms. The lowest BCUT2D eigenvalue weighted by molar-refractivity contribution is -0.120. The van der Waals surface area contributed by atoms with Crippen LogP contribution in [0.1, 0.15) is 31.2 Å². The van der Waals surface area contributed by atoms with E-state index < -0.39 is 0 Å². The van der Waals surface area contributed by atoms with E-state index in [2.05, 4.69) is 5.32 Å². The van der Waals surface area contributed by atoms with Crippen molar-refractivity contribution in [2.45, 2.75) is 38.1 Å². The Labute approximate surface area is 114 Å². The molecule has 1 aliphatic carbocycles. The molecule has 0 radical (unpaired) electrons. The molecule has 4 N–H and O–H groups in total. The molecule has 0 bridgehead atoms. The summed E-state index contributed by atoms with van der Waals surface area (Å²) in [6, 6.07) is 7.14. The van der Waals surface area contributed by atoms with Gasteiger partial charge in [0, 0.05) is 18.2 Å². The highest BCUT2D eigenvalue weighted by atomic mass is 16.3. The van der Waals surface area contributed by atoms with Gasteiger partial charge in [0.05, 0.1) is 6.42 Å². The Morgan fingerprint density at radius 3 is 2.79 bits per heavy atom. The number of phenols is 1. The number of aromatic hydroxyl groups is 1. The Bertz CT molecular complexity index is 434. The van der Waals surface area contributed by atoms with E-state index in [0.717, 1.165) is 12.8 Å². The maximum atomic E-state index is 11.9.